The average Bonchev–Trinajstić information content (AvgIpc) is 2.50. The van der Waals surface area contributed by atoms with E-state index in [1.807, 2.05) is 0 Å². The molecule has 0 radical (unpaired) electrons. The Bertz CT molecular complexity index is 674. The average molecular weight is 379 g/mol. The second-order valence-electron chi connectivity index (χ2n) is 4.49. The summed E-state index contributed by atoms with van der Waals surface area (Å²) in [5, 5.41) is 10.6. The van der Waals surface area contributed by atoms with Crippen LogP contribution >= 0.6 is 0 Å². The Morgan fingerprint density at radius 3 is 2.16 bits per heavy atom. The van der Waals surface area contributed by atoms with Gasteiger partial charge in [0.25, 0.3) is 0 Å². The van der Waals surface area contributed by atoms with Crippen LogP contribution in [0.15, 0.2) is 18.2 Å². The van der Waals surface area contributed by atoms with Crippen molar-refractivity contribution in [2.75, 3.05) is 7.11 Å². The summed E-state index contributed by atoms with van der Waals surface area (Å²) in [4.78, 5) is 20.8. The lowest BCUT2D eigenvalue weighted by molar-refractivity contribution is -0.385. The minimum atomic E-state index is -6.67. The van der Waals surface area contributed by atoms with Gasteiger partial charge in [0.15, 0.2) is 5.75 Å². The minimum absolute atomic E-state index is 0.220. The van der Waals surface area contributed by atoms with Crippen molar-refractivity contribution < 1.29 is 49.9 Å². The van der Waals surface area contributed by atoms with E-state index in [-0.39, 0.29) is 11.3 Å². The molecule has 0 bridgehead atoms. The number of ether oxygens (including phenoxy) is 2. The van der Waals surface area contributed by atoms with Crippen LogP contribution in [0.4, 0.5) is 36.4 Å². The van der Waals surface area contributed by atoms with E-state index in [0.717, 1.165) is 25.3 Å². The lowest BCUT2D eigenvalue weighted by atomic mass is 10.1. The van der Waals surface area contributed by atoms with Crippen molar-refractivity contribution in [3.63, 3.8) is 0 Å². The first-order chi connectivity index (χ1) is 11.3. The van der Waals surface area contributed by atoms with Crippen LogP contribution in [0.1, 0.15) is 5.56 Å². The molecule has 0 N–H and O–H groups in total. The number of carbonyl (C=O) groups excluding carboxylic acids is 1. The van der Waals surface area contributed by atoms with Crippen LogP contribution < -0.4 is 4.74 Å². The fourth-order valence-electron chi connectivity index (χ4n) is 1.51. The molecule has 0 unspecified atom stereocenters. The van der Waals surface area contributed by atoms with Crippen LogP contribution in [0.2, 0.25) is 0 Å². The molecular formula is C12H8F7NO5. The van der Waals surface area contributed by atoms with Crippen LogP contribution in [0, 0.1) is 10.1 Å². The van der Waals surface area contributed by atoms with Crippen LogP contribution in [0.5, 0.6) is 5.75 Å². The van der Waals surface area contributed by atoms with Gasteiger partial charge in [-0.2, -0.15) is 30.7 Å². The van der Waals surface area contributed by atoms with Crippen LogP contribution in [-0.4, -0.2) is 36.0 Å². The largest absolute Gasteiger partial charge is 0.490 e. The Kier molecular flexibility index (Phi) is 5.50. The molecule has 0 atom stereocenters. The van der Waals surface area contributed by atoms with Gasteiger partial charge in [0.1, 0.15) is 6.61 Å². The lowest BCUT2D eigenvalue weighted by Crippen LogP contribution is -2.56. The summed E-state index contributed by atoms with van der Waals surface area (Å²) in [7, 11) is 1.02. The zero-order valence-corrected chi connectivity index (χ0v) is 12.1. The zero-order chi connectivity index (χ0) is 19.6. The van der Waals surface area contributed by atoms with E-state index in [9.17, 15) is 45.6 Å². The fraction of sp³-hybridized carbons (Fsp3) is 0.417. The van der Waals surface area contributed by atoms with E-state index in [1.165, 1.54) is 0 Å². The van der Waals surface area contributed by atoms with Gasteiger partial charge in [0.2, 0.25) is 0 Å². The molecule has 0 heterocycles. The van der Waals surface area contributed by atoms with Crippen molar-refractivity contribution in [1.82, 2.24) is 0 Å². The summed E-state index contributed by atoms with van der Waals surface area (Å²) < 4.78 is 95.7. The fourth-order valence-corrected chi connectivity index (χ4v) is 1.51. The summed E-state index contributed by atoms with van der Waals surface area (Å²) in [6, 6.07) is 2.61. The second kappa shape index (κ2) is 6.72. The maximum absolute atomic E-state index is 13.1. The first-order valence-corrected chi connectivity index (χ1v) is 6.06. The third-order valence-electron chi connectivity index (χ3n) is 2.82. The molecule has 0 aliphatic carbocycles. The SMILES string of the molecule is COc1cc(COC(=O)C(F)(F)C(F)(F)C(F)(F)F)ccc1[N+](=O)[O-]. The molecule has 25 heavy (non-hydrogen) atoms. The predicted octanol–water partition coefficient (Wildman–Crippen LogP) is 3.48. The molecule has 1 aromatic carbocycles. The maximum atomic E-state index is 13.1. The standard InChI is InChI=1S/C12H8F7NO5/c1-24-8-4-6(2-3-7(8)20(22)23)5-25-9(21)10(13,14)11(15,16)12(17,18)19/h2-4H,5H2,1H3. The molecule has 0 fully saturated rings. The van der Waals surface area contributed by atoms with E-state index < -0.39 is 41.2 Å². The maximum Gasteiger partial charge on any atom is 0.460 e. The summed E-state index contributed by atoms with van der Waals surface area (Å²) in [5.74, 6) is -16.3. The van der Waals surface area contributed by atoms with Crippen molar-refractivity contribution in [3.8, 4) is 5.75 Å². The van der Waals surface area contributed by atoms with E-state index in [0.29, 0.717) is 0 Å². The number of nitro groups is 1. The molecule has 140 valence electrons. The van der Waals surface area contributed by atoms with Gasteiger partial charge in [0.05, 0.1) is 12.0 Å². The lowest BCUT2D eigenvalue weighted by Gasteiger charge is -2.26. The number of methoxy groups -OCH3 is 1. The van der Waals surface area contributed by atoms with Gasteiger partial charge in [0, 0.05) is 6.07 Å². The molecule has 13 heteroatoms. The number of nitrogens with zero attached hydrogens (tertiary/aromatic N) is 1. The number of halogens is 7. The molecule has 0 spiro atoms. The summed E-state index contributed by atoms with van der Waals surface area (Å²) in [6.07, 6.45) is -6.67. The summed E-state index contributed by atoms with van der Waals surface area (Å²) in [6.45, 7) is -1.14. The van der Waals surface area contributed by atoms with Crippen molar-refractivity contribution in [1.29, 1.82) is 0 Å². The smallest absolute Gasteiger partial charge is 0.460 e. The van der Waals surface area contributed by atoms with Crippen LogP contribution in [-0.2, 0) is 16.1 Å². The predicted molar refractivity (Wildman–Crippen MR) is 65.4 cm³/mol. The van der Waals surface area contributed by atoms with Gasteiger partial charge in [-0.25, -0.2) is 4.79 Å². The molecule has 0 saturated carbocycles. The normalized spacial score (nSPS) is 12.6. The van der Waals surface area contributed by atoms with Crippen molar-refractivity contribution in [3.05, 3.63) is 33.9 Å². The molecule has 6 nitrogen and oxygen atoms in total. The molecule has 0 aliphatic rings. The third-order valence-corrected chi connectivity index (χ3v) is 2.82. The highest BCUT2D eigenvalue weighted by Crippen LogP contribution is 2.47. The highest BCUT2D eigenvalue weighted by Gasteiger charge is 2.77. The number of hydrogen-bond donors (Lipinski definition) is 0. The molecular weight excluding hydrogens is 371 g/mol. The monoisotopic (exact) mass is 379 g/mol. The van der Waals surface area contributed by atoms with Crippen LogP contribution in [0.25, 0.3) is 0 Å². The Morgan fingerprint density at radius 1 is 1.16 bits per heavy atom. The molecule has 1 rings (SSSR count). The number of carbonyl (C=O) groups is 1. The number of alkyl halides is 7. The Balaban J connectivity index is 2.94. The number of hydrogen-bond acceptors (Lipinski definition) is 5. The molecule has 0 saturated heterocycles. The number of rotatable bonds is 6. The highest BCUT2D eigenvalue weighted by molar-refractivity contribution is 5.79. The first kappa shape index (κ1) is 20.4. The van der Waals surface area contributed by atoms with Crippen molar-refractivity contribution in [2.24, 2.45) is 0 Å². The summed E-state index contributed by atoms with van der Waals surface area (Å²) >= 11 is 0. The van der Waals surface area contributed by atoms with Gasteiger partial charge in [-0.15, -0.1) is 0 Å². The molecule has 0 aromatic heterocycles. The van der Waals surface area contributed by atoms with Gasteiger partial charge < -0.3 is 9.47 Å². The van der Waals surface area contributed by atoms with Crippen LogP contribution in [0.3, 0.4) is 0 Å². The van der Waals surface area contributed by atoms with Gasteiger partial charge in [-0.05, 0) is 17.7 Å². The van der Waals surface area contributed by atoms with E-state index in [1.54, 1.807) is 0 Å². The third kappa shape index (κ3) is 3.91. The second-order valence-corrected chi connectivity index (χ2v) is 4.49. The number of esters is 1. The van der Waals surface area contributed by atoms with Gasteiger partial charge in [-0.3, -0.25) is 10.1 Å². The van der Waals surface area contributed by atoms with Gasteiger partial charge >= 0.3 is 29.7 Å². The van der Waals surface area contributed by atoms with E-state index in [4.69, 9.17) is 0 Å². The number of nitro benzene ring substituents is 1. The molecule has 0 amide bonds. The van der Waals surface area contributed by atoms with Crippen molar-refractivity contribution in [2.45, 2.75) is 24.6 Å². The van der Waals surface area contributed by atoms with E-state index >= 15 is 0 Å². The van der Waals surface area contributed by atoms with Crippen molar-refractivity contribution >= 4 is 11.7 Å². The molecule has 0 aliphatic heterocycles. The Labute approximate surface area is 134 Å². The minimum Gasteiger partial charge on any atom is -0.490 e. The molecule has 1 aromatic rings. The Hall–Kier alpha value is -2.60. The highest BCUT2D eigenvalue weighted by atomic mass is 19.4. The van der Waals surface area contributed by atoms with Gasteiger partial charge in [-0.1, -0.05) is 0 Å². The van der Waals surface area contributed by atoms with E-state index in [2.05, 4.69) is 9.47 Å². The first-order valence-electron chi connectivity index (χ1n) is 6.06. The Morgan fingerprint density at radius 2 is 1.72 bits per heavy atom. The summed E-state index contributed by atoms with van der Waals surface area (Å²) in [5.41, 5.74) is -0.756. The topological polar surface area (TPSA) is 78.7 Å². The number of benzene rings is 1. The zero-order valence-electron chi connectivity index (χ0n) is 12.1. The quantitative estimate of drug-likeness (QED) is 0.327.